The number of rotatable bonds is 5. The van der Waals surface area contributed by atoms with Crippen LogP contribution in [-0.2, 0) is 11.3 Å². The summed E-state index contributed by atoms with van der Waals surface area (Å²) < 4.78 is 5.30. The zero-order valence-corrected chi connectivity index (χ0v) is 9.43. The SMILES string of the molecule is c1cc(CNCCN2CCOCC2)ncn1. The summed E-state index contributed by atoms with van der Waals surface area (Å²) in [7, 11) is 0. The van der Waals surface area contributed by atoms with Crippen LogP contribution in [0.3, 0.4) is 0 Å². The second-order valence-corrected chi connectivity index (χ2v) is 3.83. The van der Waals surface area contributed by atoms with Gasteiger partial charge in [-0.2, -0.15) is 0 Å². The molecule has 0 amide bonds. The van der Waals surface area contributed by atoms with E-state index in [1.54, 1.807) is 12.5 Å². The van der Waals surface area contributed by atoms with E-state index in [4.69, 9.17) is 4.74 Å². The fourth-order valence-corrected chi connectivity index (χ4v) is 1.70. The van der Waals surface area contributed by atoms with E-state index >= 15 is 0 Å². The molecule has 2 heterocycles. The van der Waals surface area contributed by atoms with Crippen LogP contribution in [0.4, 0.5) is 0 Å². The highest BCUT2D eigenvalue weighted by molar-refractivity contribution is 4.96. The summed E-state index contributed by atoms with van der Waals surface area (Å²) in [5, 5.41) is 3.38. The van der Waals surface area contributed by atoms with Gasteiger partial charge in [0.25, 0.3) is 0 Å². The number of ether oxygens (including phenoxy) is 1. The molecule has 0 radical (unpaired) electrons. The zero-order valence-electron chi connectivity index (χ0n) is 9.43. The third-order valence-electron chi connectivity index (χ3n) is 2.66. The van der Waals surface area contributed by atoms with Crippen LogP contribution in [0.1, 0.15) is 5.69 Å². The predicted octanol–water partition coefficient (Wildman–Crippen LogP) is -0.102. The van der Waals surface area contributed by atoms with Crippen LogP contribution in [-0.4, -0.2) is 54.3 Å². The van der Waals surface area contributed by atoms with Crippen molar-refractivity contribution in [2.24, 2.45) is 0 Å². The van der Waals surface area contributed by atoms with Gasteiger partial charge in [-0.1, -0.05) is 0 Å². The smallest absolute Gasteiger partial charge is 0.115 e. The maximum atomic E-state index is 5.30. The van der Waals surface area contributed by atoms with Crippen molar-refractivity contribution in [1.29, 1.82) is 0 Å². The molecule has 0 unspecified atom stereocenters. The van der Waals surface area contributed by atoms with Crippen molar-refractivity contribution < 1.29 is 4.74 Å². The molecule has 1 saturated heterocycles. The Kier molecular flexibility index (Phi) is 4.67. The molecule has 1 aromatic heterocycles. The standard InChI is InChI=1S/C11H18N4O/c1-2-13-10-14-11(1)9-12-3-4-15-5-7-16-8-6-15/h1-2,10,12H,3-9H2. The minimum Gasteiger partial charge on any atom is -0.379 e. The van der Waals surface area contributed by atoms with Crippen LogP contribution in [0.5, 0.6) is 0 Å². The average Bonchev–Trinajstić information content (AvgIpc) is 2.37. The molecule has 1 aliphatic rings. The van der Waals surface area contributed by atoms with E-state index in [9.17, 15) is 0 Å². The Balaban J connectivity index is 1.58. The fraction of sp³-hybridized carbons (Fsp3) is 0.636. The Bertz CT molecular complexity index is 287. The lowest BCUT2D eigenvalue weighted by Gasteiger charge is -2.26. The molecule has 1 N–H and O–H groups in total. The Morgan fingerprint density at radius 3 is 3.00 bits per heavy atom. The second kappa shape index (κ2) is 6.52. The molecule has 88 valence electrons. The highest BCUT2D eigenvalue weighted by atomic mass is 16.5. The van der Waals surface area contributed by atoms with Gasteiger partial charge >= 0.3 is 0 Å². The molecular formula is C11H18N4O. The molecule has 1 fully saturated rings. The number of morpholine rings is 1. The average molecular weight is 222 g/mol. The minimum atomic E-state index is 0.812. The van der Waals surface area contributed by atoms with Crippen LogP contribution >= 0.6 is 0 Å². The molecule has 0 saturated carbocycles. The van der Waals surface area contributed by atoms with Crippen LogP contribution in [0, 0.1) is 0 Å². The third kappa shape index (κ3) is 3.84. The van der Waals surface area contributed by atoms with E-state index in [2.05, 4.69) is 20.2 Å². The van der Waals surface area contributed by atoms with Gasteiger partial charge in [-0.3, -0.25) is 4.90 Å². The summed E-state index contributed by atoms with van der Waals surface area (Å²) in [6, 6.07) is 1.93. The highest BCUT2D eigenvalue weighted by Crippen LogP contribution is 1.95. The second-order valence-electron chi connectivity index (χ2n) is 3.83. The lowest BCUT2D eigenvalue weighted by molar-refractivity contribution is 0.0384. The van der Waals surface area contributed by atoms with Gasteiger partial charge in [-0.05, 0) is 6.07 Å². The van der Waals surface area contributed by atoms with Crippen LogP contribution < -0.4 is 5.32 Å². The van der Waals surface area contributed by atoms with Gasteiger partial charge in [0.2, 0.25) is 0 Å². The largest absolute Gasteiger partial charge is 0.379 e. The van der Waals surface area contributed by atoms with Gasteiger partial charge in [-0.25, -0.2) is 9.97 Å². The number of hydrogen-bond donors (Lipinski definition) is 1. The van der Waals surface area contributed by atoms with Gasteiger partial charge in [0.15, 0.2) is 0 Å². The van der Waals surface area contributed by atoms with Crippen LogP contribution in [0.2, 0.25) is 0 Å². The van der Waals surface area contributed by atoms with E-state index in [1.807, 2.05) is 6.07 Å². The van der Waals surface area contributed by atoms with E-state index < -0.39 is 0 Å². The molecule has 0 spiro atoms. The van der Waals surface area contributed by atoms with Crippen molar-refractivity contribution in [1.82, 2.24) is 20.2 Å². The van der Waals surface area contributed by atoms with Crippen molar-refractivity contribution in [2.75, 3.05) is 39.4 Å². The maximum Gasteiger partial charge on any atom is 0.115 e. The van der Waals surface area contributed by atoms with Crippen LogP contribution in [0.15, 0.2) is 18.6 Å². The molecule has 1 aliphatic heterocycles. The summed E-state index contributed by atoms with van der Waals surface area (Å²) >= 11 is 0. The van der Waals surface area contributed by atoms with Crippen molar-refractivity contribution in [2.45, 2.75) is 6.54 Å². The van der Waals surface area contributed by atoms with E-state index in [1.165, 1.54) is 0 Å². The molecule has 16 heavy (non-hydrogen) atoms. The Labute approximate surface area is 95.8 Å². The number of nitrogens with zero attached hydrogens (tertiary/aromatic N) is 3. The monoisotopic (exact) mass is 222 g/mol. The summed E-state index contributed by atoms with van der Waals surface area (Å²) in [4.78, 5) is 10.5. The van der Waals surface area contributed by atoms with Crippen molar-refractivity contribution in [3.63, 3.8) is 0 Å². The van der Waals surface area contributed by atoms with Gasteiger partial charge in [0.05, 0.1) is 18.9 Å². The first-order valence-corrected chi connectivity index (χ1v) is 5.71. The lowest BCUT2D eigenvalue weighted by atomic mass is 10.4. The molecule has 0 atom stereocenters. The minimum absolute atomic E-state index is 0.812. The predicted molar refractivity (Wildman–Crippen MR) is 61.0 cm³/mol. The topological polar surface area (TPSA) is 50.3 Å². The van der Waals surface area contributed by atoms with E-state index in [0.29, 0.717) is 0 Å². The van der Waals surface area contributed by atoms with Crippen molar-refractivity contribution >= 4 is 0 Å². The molecule has 0 bridgehead atoms. The van der Waals surface area contributed by atoms with Crippen LogP contribution in [0.25, 0.3) is 0 Å². The Hall–Kier alpha value is -1.04. The number of nitrogens with one attached hydrogen (secondary N) is 1. The first kappa shape index (κ1) is 11.4. The first-order chi connectivity index (χ1) is 7.95. The lowest BCUT2D eigenvalue weighted by Crippen LogP contribution is -2.40. The normalized spacial score (nSPS) is 17.5. The molecule has 5 nitrogen and oxygen atoms in total. The fourth-order valence-electron chi connectivity index (χ4n) is 1.70. The van der Waals surface area contributed by atoms with Gasteiger partial charge < -0.3 is 10.1 Å². The van der Waals surface area contributed by atoms with Gasteiger partial charge in [-0.15, -0.1) is 0 Å². The quantitative estimate of drug-likeness (QED) is 0.705. The molecule has 0 aromatic carbocycles. The van der Waals surface area contributed by atoms with Gasteiger partial charge in [0.1, 0.15) is 6.33 Å². The molecular weight excluding hydrogens is 204 g/mol. The molecule has 0 aliphatic carbocycles. The first-order valence-electron chi connectivity index (χ1n) is 5.71. The number of hydrogen-bond acceptors (Lipinski definition) is 5. The van der Waals surface area contributed by atoms with Crippen molar-refractivity contribution in [3.05, 3.63) is 24.3 Å². The summed E-state index contributed by atoms with van der Waals surface area (Å²) in [6.07, 6.45) is 3.35. The molecule has 1 aromatic rings. The summed E-state index contributed by atoms with van der Waals surface area (Å²) in [6.45, 7) is 6.72. The summed E-state index contributed by atoms with van der Waals surface area (Å²) in [5.74, 6) is 0. The van der Waals surface area contributed by atoms with Crippen molar-refractivity contribution in [3.8, 4) is 0 Å². The zero-order chi connectivity index (χ0) is 11.1. The van der Waals surface area contributed by atoms with E-state index in [0.717, 1.165) is 51.6 Å². The highest BCUT2D eigenvalue weighted by Gasteiger charge is 2.08. The maximum absolute atomic E-state index is 5.30. The van der Waals surface area contributed by atoms with E-state index in [-0.39, 0.29) is 0 Å². The molecule has 5 heteroatoms. The Morgan fingerprint density at radius 1 is 1.38 bits per heavy atom. The third-order valence-corrected chi connectivity index (χ3v) is 2.66. The Morgan fingerprint density at radius 2 is 2.25 bits per heavy atom. The number of aromatic nitrogens is 2. The molecule has 2 rings (SSSR count). The van der Waals surface area contributed by atoms with Gasteiger partial charge in [0, 0.05) is 38.9 Å². The summed E-state index contributed by atoms with van der Waals surface area (Å²) in [5.41, 5.74) is 1.04.